The maximum absolute atomic E-state index is 5.51. The lowest BCUT2D eigenvalue weighted by molar-refractivity contribution is 0.315. The molecule has 1 saturated carbocycles. The van der Waals surface area contributed by atoms with Crippen molar-refractivity contribution in [2.45, 2.75) is 57.5 Å². The average Bonchev–Trinajstić information content (AvgIpc) is 2.82. The van der Waals surface area contributed by atoms with E-state index in [1.807, 2.05) is 6.20 Å². The molecule has 1 aromatic rings. The fourth-order valence-electron chi connectivity index (χ4n) is 3.10. The van der Waals surface area contributed by atoms with Crippen LogP contribution in [0.25, 0.3) is 0 Å². The minimum absolute atomic E-state index is 0.535. The summed E-state index contributed by atoms with van der Waals surface area (Å²) < 4.78 is 7.65. The lowest BCUT2D eigenvalue weighted by Gasteiger charge is -2.32. The number of nitrogens with one attached hydrogen (secondary N) is 1. The van der Waals surface area contributed by atoms with Crippen LogP contribution in [0, 0.1) is 0 Å². The van der Waals surface area contributed by atoms with Crippen LogP contribution in [0.1, 0.15) is 50.6 Å². The molecule has 1 aliphatic carbocycles. The van der Waals surface area contributed by atoms with Crippen LogP contribution in [0.4, 0.5) is 0 Å². The van der Waals surface area contributed by atoms with Gasteiger partial charge < -0.3 is 10.1 Å². The topological polar surface area (TPSA) is 39.1 Å². The molecule has 2 unspecified atom stereocenters. The summed E-state index contributed by atoms with van der Waals surface area (Å²) in [5.41, 5.74) is 1.29. The molecule has 4 heteroatoms. The van der Waals surface area contributed by atoms with Crippen LogP contribution in [0.5, 0.6) is 5.75 Å². The van der Waals surface area contributed by atoms with Crippen molar-refractivity contribution in [3.63, 3.8) is 0 Å². The van der Waals surface area contributed by atoms with Crippen molar-refractivity contribution in [1.29, 1.82) is 0 Å². The van der Waals surface area contributed by atoms with E-state index in [9.17, 15) is 0 Å². The zero-order chi connectivity index (χ0) is 13.0. The van der Waals surface area contributed by atoms with Gasteiger partial charge in [-0.2, -0.15) is 5.10 Å². The van der Waals surface area contributed by atoms with E-state index in [0.717, 1.165) is 18.7 Å². The van der Waals surface area contributed by atoms with Gasteiger partial charge in [0.15, 0.2) is 5.75 Å². The first-order valence-electron chi connectivity index (χ1n) is 7.08. The van der Waals surface area contributed by atoms with Crippen LogP contribution in [-0.2, 0) is 6.54 Å². The van der Waals surface area contributed by atoms with Gasteiger partial charge in [0, 0.05) is 18.5 Å². The third-order valence-electron chi connectivity index (χ3n) is 3.99. The SMILES string of the molecule is CCCn1ncc(OC)c1C1CCCCC1NC. The summed E-state index contributed by atoms with van der Waals surface area (Å²) in [6.07, 6.45) is 8.09. The Hall–Kier alpha value is -1.03. The molecule has 0 aromatic carbocycles. The second-order valence-corrected chi connectivity index (χ2v) is 5.11. The van der Waals surface area contributed by atoms with E-state index in [2.05, 4.69) is 29.1 Å². The summed E-state index contributed by atoms with van der Waals surface area (Å²) in [5.74, 6) is 1.49. The third kappa shape index (κ3) is 2.53. The van der Waals surface area contributed by atoms with E-state index in [1.54, 1.807) is 7.11 Å². The minimum atomic E-state index is 0.535. The van der Waals surface area contributed by atoms with E-state index in [4.69, 9.17) is 4.74 Å². The monoisotopic (exact) mass is 251 g/mol. The number of ether oxygens (including phenoxy) is 1. The Labute approximate surface area is 110 Å². The first kappa shape index (κ1) is 13.4. The molecule has 0 spiro atoms. The summed E-state index contributed by atoms with van der Waals surface area (Å²) in [5, 5.41) is 7.95. The highest BCUT2D eigenvalue weighted by Gasteiger charge is 2.30. The number of nitrogens with zero attached hydrogens (tertiary/aromatic N) is 2. The highest BCUT2D eigenvalue weighted by atomic mass is 16.5. The van der Waals surface area contributed by atoms with Gasteiger partial charge in [0.05, 0.1) is 19.0 Å². The van der Waals surface area contributed by atoms with Gasteiger partial charge in [-0.25, -0.2) is 0 Å². The smallest absolute Gasteiger partial charge is 0.160 e. The lowest BCUT2D eigenvalue weighted by atomic mass is 9.82. The second kappa shape index (κ2) is 6.23. The number of aromatic nitrogens is 2. The summed E-state index contributed by atoms with van der Waals surface area (Å²) in [7, 11) is 3.81. The normalized spacial score (nSPS) is 24.2. The molecule has 1 aromatic heterocycles. The van der Waals surface area contributed by atoms with Crippen LogP contribution in [0.3, 0.4) is 0 Å². The fraction of sp³-hybridized carbons (Fsp3) is 0.786. The Morgan fingerprint density at radius 2 is 2.22 bits per heavy atom. The van der Waals surface area contributed by atoms with Crippen molar-refractivity contribution in [2.24, 2.45) is 0 Å². The van der Waals surface area contributed by atoms with E-state index in [0.29, 0.717) is 12.0 Å². The molecule has 1 N–H and O–H groups in total. The Morgan fingerprint density at radius 3 is 2.89 bits per heavy atom. The fourth-order valence-corrected chi connectivity index (χ4v) is 3.10. The van der Waals surface area contributed by atoms with E-state index in [-0.39, 0.29) is 0 Å². The molecule has 1 aliphatic rings. The Bertz CT molecular complexity index is 375. The van der Waals surface area contributed by atoms with Crippen LogP contribution in [0.2, 0.25) is 0 Å². The molecule has 1 heterocycles. The number of methoxy groups -OCH3 is 1. The zero-order valence-corrected chi connectivity index (χ0v) is 11.8. The molecule has 1 fully saturated rings. The molecular formula is C14H25N3O. The van der Waals surface area contributed by atoms with Crippen LogP contribution >= 0.6 is 0 Å². The van der Waals surface area contributed by atoms with E-state index in [1.165, 1.54) is 31.4 Å². The minimum Gasteiger partial charge on any atom is -0.493 e. The number of likely N-dealkylation sites (N-methyl/N-ethyl adjacent to an activating group) is 1. The Kier molecular flexibility index (Phi) is 4.64. The maximum Gasteiger partial charge on any atom is 0.160 e. The Morgan fingerprint density at radius 1 is 1.44 bits per heavy atom. The molecule has 2 rings (SSSR count). The molecule has 0 amide bonds. The van der Waals surface area contributed by atoms with Crippen molar-refractivity contribution in [1.82, 2.24) is 15.1 Å². The van der Waals surface area contributed by atoms with Crippen LogP contribution in [0.15, 0.2) is 6.20 Å². The van der Waals surface area contributed by atoms with Gasteiger partial charge in [0.1, 0.15) is 0 Å². The third-order valence-corrected chi connectivity index (χ3v) is 3.99. The predicted octanol–water partition coefficient (Wildman–Crippen LogP) is 2.55. The van der Waals surface area contributed by atoms with Crippen molar-refractivity contribution >= 4 is 0 Å². The van der Waals surface area contributed by atoms with Gasteiger partial charge in [0.2, 0.25) is 0 Å². The van der Waals surface area contributed by atoms with Gasteiger partial charge in [-0.05, 0) is 26.3 Å². The number of hydrogen-bond acceptors (Lipinski definition) is 3. The lowest BCUT2D eigenvalue weighted by Crippen LogP contribution is -2.36. The number of aryl methyl sites for hydroxylation is 1. The molecule has 102 valence electrons. The molecule has 0 saturated heterocycles. The standard InChI is InChI=1S/C14H25N3O/c1-4-9-17-14(13(18-3)10-16-17)11-7-5-6-8-12(11)15-2/h10-12,15H,4-9H2,1-3H3. The molecule has 18 heavy (non-hydrogen) atoms. The molecule has 0 aliphatic heterocycles. The van der Waals surface area contributed by atoms with Crippen molar-refractivity contribution in [3.8, 4) is 5.75 Å². The molecule has 2 atom stereocenters. The molecule has 0 bridgehead atoms. The summed E-state index contributed by atoms with van der Waals surface area (Å²) in [6.45, 7) is 3.17. The molecule has 4 nitrogen and oxygen atoms in total. The van der Waals surface area contributed by atoms with Crippen molar-refractivity contribution < 1.29 is 4.74 Å². The van der Waals surface area contributed by atoms with Gasteiger partial charge in [-0.3, -0.25) is 4.68 Å². The first-order chi connectivity index (χ1) is 8.81. The predicted molar refractivity (Wildman–Crippen MR) is 73.1 cm³/mol. The largest absolute Gasteiger partial charge is 0.493 e. The van der Waals surface area contributed by atoms with Gasteiger partial charge in [-0.1, -0.05) is 19.8 Å². The molecule has 0 radical (unpaired) electrons. The van der Waals surface area contributed by atoms with Gasteiger partial charge in [-0.15, -0.1) is 0 Å². The quantitative estimate of drug-likeness (QED) is 0.874. The highest BCUT2D eigenvalue weighted by Crippen LogP contribution is 2.37. The number of hydrogen-bond donors (Lipinski definition) is 1. The van der Waals surface area contributed by atoms with Crippen molar-refractivity contribution in [2.75, 3.05) is 14.2 Å². The van der Waals surface area contributed by atoms with E-state index >= 15 is 0 Å². The van der Waals surface area contributed by atoms with Gasteiger partial charge >= 0.3 is 0 Å². The Balaban J connectivity index is 2.30. The van der Waals surface area contributed by atoms with Crippen molar-refractivity contribution in [3.05, 3.63) is 11.9 Å². The summed E-state index contributed by atoms with van der Waals surface area (Å²) in [6, 6.07) is 0.556. The first-order valence-corrected chi connectivity index (χ1v) is 7.08. The maximum atomic E-state index is 5.51. The second-order valence-electron chi connectivity index (χ2n) is 5.11. The van der Waals surface area contributed by atoms with E-state index < -0.39 is 0 Å². The van der Waals surface area contributed by atoms with Crippen LogP contribution < -0.4 is 10.1 Å². The summed E-state index contributed by atoms with van der Waals surface area (Å²) >= 11 is 0. The average molecular weight is 251 g/mol. The zero-order valence-electron chi connectivity index (χ0n) is 11.8. The summed E-state index contributed by atoms with van der Waals surface area (Å²) in [4.78, 5) is 0. The van der Waals surface area contributed by atoms with Crippen LogP contribution in [-0.4, -0.2) is 30.0 Å². The highest BCUT2D eigenvalue weighted by molar-refractivity contribution is 5.30. The van der Waals surface area contributed by atoms with Gasteiger partial charge in [0.25, 0.3) is 0 Å². The molecular weight excluding hydrogens is 226 g/mol. The number of rotatable bonds is 5.